The van der Waals surface area contributed by atoms with Crippen LogP contribution >= 0.6 is 7.82 Å². The molecule has 0 amide bonds. The Balaban J connectivity index is 1.55. The van der Waals surface area contributed by atoms with Crippen LogP contribution in [0.2, 0.25) is 0 Å². The van der Waals surface area contributed by atoms with Gasteiger partial charge in [0.15, 0.2) is 12.6 Å². The summed E-state index contributed by atoms with van der Waals surface area (Å²) in [6, 6.07) is 0. The smallest absolute Gasteiger partial charge is 0.463 e. The van der Waals surface area contributed by atoms with Gasteiger partial charge in [0.2, 0.25) is 0 Å². The summed E-state index contributed by atoms with van der Waals surface area (Å²) in [5.74, 6) is -0.629. The highest BCUT2D eigenvalue weighted by Crippen LogP contribution is 2.48. The average molecular weight is 937 g/mol. The van der Waals surface area contributed by atoms with Crippen LogP contribution in [-0.2, 0) is 42.1 Å². The van der Waals surface area contributed by atoms with Crippen LogP contribution in [0, 0.1) is 0 Å². The van der Waals surface area contributed by atoms with Crippen molar-refractivity contribution < 1.29 is 108 Å². The second kappa shape index (κ2) is 28.8. The van der Waals surface area contributed by atoms with E-state index in [9.17, 15) is 75.5 Å². The van der Waals surface area contributed by atoms with E-state index in [4.69, 9.17) is 32.7 Å². The first-order valence-corrected chi connectivity index (χ1v) is 23.6. The number of phosphoric ester groups is 1. The maximum Gasteiger partial charge on any atom is 0.472 e. The number of ether oxygens (including phenoxy) is 5. The summed E-state index contributed by atoms with van der Waals surface area (Å²) in [5, 5.41) is 125. The highest BCUT2D eigenvalue weighted by Gasteiger charge is 2.58. The first kappa shape index (κ1) is 56.0. The summed E-state index contributed by atoms with van der Waals surface area (Å²) in [5.41, 5.74) is 0. The van der Waals surface area contributed by atoms with E-state index >= 15 is 0 Å². The molecule has 0 radical (unpaired) electrons. The molecule has 3 fully saturated rings. The summed E-state index contributed by atoms with van der Waals surface area (Å²) >= 11 is 0. The minimum Gasteiger partial charge on any atom is -0.463 e. The lowest BCUT2D eigenvalue weighted by atomic mass is 9.84. The van der Waals surface area contributed by atoms with Crippen LogP contribution in [0.25, 0.3) is 0 Å². The lowest BCUT2D eigenvalue weighted by molar-refractivity contribution is -0.360. The maximum absolute atomic E-state index is 13.4. The topological polar surface area (TPSA) is 362 Å². The fraction of sp³-hybridized carbons (Fsp3) is 0.925. The van der Waals surface area contributed by atoms with Gasteiger partial charge in [-0.1, -0.05) is 76.9 Å². The van der Waals surface area contributed by atoms with Gasteiger partial charge in [-0.15, -0.1) is 0 Å². The van der Waals surface area contributed by atoms with Crippen molar-refractivity contribution in [1.82, 2.24) is 0 Å². The van der Waals surface area contributed by atoms with E-state index in [1.165, 1.54) is 44.9 Å². The van der Waals surface area contributed by atoms with Crippen molar-refractivity contribution in [2.24, 2.45) is 0 Å². The van der Waals surface area contributed by atoms with Crippen molar-refractivity contribution in [3.63, 3.8) is 0 Å². The minimum atomic E-state index is -5.51. The summed E-state index contributed by atoms with van der Waals surface area (Å²) < 4.78 is 50.4. The summed E-state index contributed by atoms with van der Waals surface area (Å²) in [6.45, 7) is -1.27. The second-order valence-corrected chi connectivity index (χ2v) is 17.8. The van der Waals surface area contributed by atoms with Gasteiger partial charge in [-0.2, -0.15) is 0 Å². The average Bonchev–Trinajstić information content (AvgIpc) is 3.26. The van der Waals surface area contributed by atoms with E-state index in [0.29, 0.717) is 6.42 Å². The third-order valence-electron chi connectivity index (χ3n) is 11.3. The summed E-state index contributed by atoms with van der Waals surface area (Å²) in [6.07, 6.45) is -14.6. The molecule has 23 heteroatoms. The molecule has 1 saturated carbocycles. The standard InChI is InChI=1S/C40H73O22P/c1-2-3-4-5-6-7-8-9-10-11-12-13-14-15-16-17-18-26(44)56-21-23(43)22-57-63(54,55)62-38-36(60-39-34(52)29(47)27(45)24(19-41)58-39)32(50)31(49)33(51)37(38)61-40-35(53)30(48)28(46)25(20-42)59-40/h10-11,23-25,27-43,45-53H,2-9,12-22H2,1H3,(H,54,55)/b11-10-/t23-,24?,25?,27-,28+,29?,30?,31?,32?,33?,34-,35+,36-,37?,38?,39-,40+/m1/s1. The van der Waals surface area contributed by atoms with Gasteiger partial charge in [-0.05, 0) is 32.1 Å². The zero-order valence-electron chi connectivity index (χ0n) is 35.8. The molecule has 18 atom stereocenters. The maximum atomic E-state index is 13.4. The van der Waals surface area contributed by atoms with Gasteiger partial charge in [0.05, 0.1) is 19.8 Å². The number of carbonyl (C=O) groups is 1. The van der Waals surface area contributed by atoms with Crippen molar-refractivity contribution in [1.29, 1.82) is 0 Å². The zero-order valence-corrected chi connectivity index (χ0v) is 36.7. The lowest BCUT2D eigenvalue weighted by Crippen LogP contribution is -2.69. The number of carbonyl (C=O) groups excluding carboxylic acids is 1. The number of allylic oxidation sites excluding steroid dienone is 2. The third kappa shape index (κ3) is 17.7. The minimum absolute atomic E-state index is 0.0668. The SMILES string of the molecule is CCCCCCCCC/C=C\CCCCCCCC(=O)OC[C@@H](O)COP(=O)(O)OC1C(O[C@@H]2OC(CO)[C@H](O)C(O)[C@@H]2O)C(O)C(O)C(O)[C@H]1O[C@H]1OC(CO)[C@@H](O)C(O)[C@H]1O. The van der Waals surface area contributed by atoms with E-state index < -0.39 is 144 Å². The van der Waals surface area contributed by atoms with Gasteiger partial charge in [0.25, 0.3) is 0 Å². The highest BCUT2D eigenvalue weighted by molar-refractivity contribution is 7.47. The molecule has 22 nitrogen and oxygen atoms in total. The number of esters is 1. The van der Waals surface area contributed by atoms with Crippen LogP contribution in [-0.4, -0.2) is 203 Å². The molecule has 370 valence electrons. The predicted molar refractivity (Wildman–Crippen MR) is 217 cm³/mol. The first-order chi connectivity index (χ1) is 30.0. The highest BCUT2D eigenvalue weighted by atomic mass is 31.2. The van der Waals surface area contributed by atoms with E-state index in [1.807, 2.05) is 0 Å². The molecule has 0 aromatic heterocycles. The Morgan fingerprint density at radius 1 is 0.587 bits per heavy atom. The van der Waals surface area contributed by atoms with Crippen molar-refractivity contribution >= 4 is 13.8 Å². The summed E-state index contributed by atoms with van der Waals surface area (Å²) in [4.78, 5) is 23.1. The van der Waals surface area contributed by atoms with Gasteiger partial charge in [0.1, 0.15) is 98.2 Å². The Morgan fingerprint density at radius 2 is 1.02 bits per heavy atom. The Hall–Kier alpha value is -1.32. The van der Waals surface area contributed by atoms with Crippen LogP contribution in [0.3, 0.4) is 0 Å². The predicted octanol–water partition coefficient (Wildman–Crippen LogP) is -1.71. The van der Waals surface area contributed by atoms with Crippen LogP contribution in [0.4, 0.5) is 0 Å². The largest absolute Gasteiger partial charge is 0.472 e. The van der Waals surface area contributed by atoms with Gasteiger partial charge < -0.3 is 89.9 Å². The van der Waals surface area contributed by atoms with Crippen LogP contribution in [0.1, 0.15) is 103 Å². The molecular formula is C40H73O22P. The zero-order chi connectivity index (χ0) is 46.7. The number of hydrogen-bond donors (Lipinski definition) is 13. The number of aliphatic hydroxyl groups is 12. The molecule has 2 aliphatic heterocycles. The molecule has 10 unspecified atom stereocenters. The molecule has 2 heterocycles. The number of rotatable bonds is 29. The van der Waals surface area contributed by atoms with E-state index in [2.05, 4.69) is 19.1 Å². The molecule has 3 rings (SSSR count). The van der Waals surface area contributed by atoms with Crippen molar-refractivity contribution in [2.45, 2.75) is 207 Å². The Labute approximate surface area is 367 Å². The second-order valence-electron chi connectivity index (χ2n) is 16.4. The molecule has 0 aromatic carbocycles. The fourth-order valence-electron chi connectivity index (χ4n) is 7.46. The van der Waals surface area contributed by atoms with Crippen LogP contribution < -0.4 is 0 Å². The van der Waals surface area contributed by atoms with Crippen molar-refractivity contribution in [3.8, 4) is 0 Å². The van der Waals surface area contributed by atoms with Gasteiger partial charge in [-0.3, -0.25) is 13.8 Å². The number of hydrogen-bond acceptors (Lipinski definition) is 21. The molecule has 0 spiro atoms. The van der Waals surface area contributed by atoms with Crippen LogP contribution in [0.15, 0.2) is 12.2 Å². The Morgan fingerprint density at radius 3 is 1.48 bits per heavy atom. The lowest BCUT2D eigenvalue weighted by Gasteiger charge is -2.49. The molecule has 2 saturated heterocycles. The molecule has 63 heavy (non-hydrogen) atoms. The summed E-state index contributed by atoms with van der Waals surface area (Å²) in [7, 11) is -5.51. The van der Waals surface area contributed by atoms with Gasteiger partial charge in [-0.25, -0.2) is 4.57 Å². The fourth-order valence-corrected chi connectivity index (χ4v) is 8.43. The quantitative estimate of drug-likeness (QED) is 0.0172. The van der Waals surface area contributed by atoms with Crippen molar-refractivity contribution in [2.75, 3.05) is 26.4 Å². The normalized spacial score (nSPS) is 36.6. The molecule has 13 N–H and O–H groups in total. The molecular weight excluding hydrogens is 863 g/mol. The first-order valence-electron chi connectivity index (χ1n) is 22.1. The van der Waals surface area contributed by atoms with E-state index in [-0.39, 0.29) is 6.42 Å². The Kier molecular flexibility index (Phi) is 25.6. The Bertz CT molecular complexity index is 1290. The number of unbranched alkanes of at least 4 members (excludes halogenated alkanes) is 12. The molecule has 0 bridgehead atoms. The van der Waals surface area contributed by atoms with Crippen molar-refractivity contribution in [3.05, 3.63) is 12.2 Å². The van der Waals surface area contributed by atoms with Gasteiger partial charge >= 0.3 is 13.8 Å². The van der Waals surface area contributed by atoms with Gasteiger partial charge in [0, 0.05) is 6.42 Å². The molecule has 0 aromatic rings. The number of aliphatic hydroxyl groups excluding tert-OH is 12. The van der Waals surface area contributed by atoms with E-state index in [1.54, 1.807) is 0 Å². The molecule has 1 aliphatic carbocycles. The van der Waals surface area contributed by atoms with Crippen LogP contribution in [0.5, 0.6) is 0 Å². The third-order valence-corrected chi connectivity index (χ3v) is 12.3. The molecule has 3 aliphatic rings. The monoisotopic (exact) mass is 936 g/mol. The number of phosphoric acid groups is 1. The van der Waals surface area contributed by atoms with E-state index in [0.717, 1.165) is 38.5 Å².